The summed E-state index contributed by atoms with van der Waals surface area (Å²) in [6, 6.07) is 0.511. The number of rotatable bonds is 6. The number of hydrogen-bond acceptors (Lipinski definition) is 2. The fraction of sp³-hybridized carbons (Fsp3) is 0.867. The van der Waals surface area contributed by atoms with Crippen LogP contribution in [0.25, 0.3) is 0 Å². The van der Waals surface area contributed by atoms with Crippen LogP contribution in [0, 0.1) is 11.8 Å². The summed E-state index contributed by atoms with van der Waals surface area (Å²) in [4.78, 5) is 2.65. The van der Waals surface area contributed by atoms with Gasteiger partial charge in [-0.25, -0.2) is 0 Å². The normalized spacial score (nSPS) is 20.1. The Hall–Kier alpha value is -0.520. The highest BCUT2D eigenvalue weighted by Crippen LogP contribution is 2.38. The van der Waals surface area contributed by atoms with E-state index in [1.54, 1.807) is 0 Å². The summed E-state index contributed by atoms with van der Waals surface area (Å²) in [6.45, 7) is 8.79. The van der Waals surface area contributed by atoms with Gasteiger partial charge in [0, 0.05) is 18.0 Å². The van der Waals surface area contributed by atoms with Crippen molar-refractivity contribution in [2.75, 3.05) is 20.1 Å². The Morgan fingerprint density at radius 3 is 2.24 bits per heavy atom. The zero-order chi connectivity index (χ0) is 12.7. The van der Waals surface area contributed by atoms with Gasteiger partial charge in [0.25, 0.3) is 0 Å². The molecule has 98 valence electrons. The molecule has 0 heterocycles. The van der Waals surface area contributed by atoms with E-state index in [4.69, 9.17) is 0 Å². The van der Waals surface area contributed by atoms with Gasteiger partial charge in [-0.2, -0.15) is 0 Å². The third-order valence-corrected chi connectivity index (χ3v) is 4.34. The molecule has 0 spiro atoms. The van der Waals surface area contributed by atoms with Crippen molar-refractivity contribution in [3.8, 4) is 11.8 Å². The number of nitrogens with one attached hydrogen (secondary N) is 1. The standard InChI is InChI=1S/C15H28N2/c1-5-8-11-14(16-4)15(12-9-10-13-15)17(6-2)7-3/h14,16H,6-7,9-13H2,1-4H3. The molecule has 0 aromatic rings. The van der Waals surface area contributed by atoms with Crippen LogP contribution >= 0.6 is 0 Å². The van der Waals surface area contributed by atoms with Crippen molar-refractivity contribution in [3.05, 3.63) is 0 Å². The van der Waals surface area contributed by atoms with Gasteiger partial charge in [0.2, 0.25) is 0 Å². The predicted molar refractivity (Wildman–Crippen MR) is 75.0 cm³/mol. The van der Waals surface area contributed by atoms with Crippen molar-refractivity contribution in [1.82, 2.24) is 10.2 Å². The minimum absolute atomic E-state index is 0.349. The van der Waals surface area contributed by atoms with Gasteiger partial charge < -0.3 is 5.32 Å². The largest absolute Gasteiger partial charge is 0.314 e. The minimum Gasteiger partial charge on any atom is -0.314 e. The molecule has 1 aliphatic rings. The minimum atomic E-state index is 0.349. The molecule has 2 nitrogen and oxygen atoms in total. The molecule has 0 amide bonds. The third kappa shape index (κ3) is 3.03. The molecule has 1 aliphatic carbocycles. The summed E-state index contributed by atoms with van der Waals surface area (Å²) in [6.07, 6.45) is 6.36. The highest BCUT2D eigenvalue weighted by atomic mass is 15.2. The van der Waals surface area contributed by atoms with Gasteiger partial charge in [0.1, 0.15) is 0 Å². The van der Waals surface area contributed by atoms with E-state index in [1.165, 1.54) is 25.7 Å². The van der Waals surface area contributed by atoms with Crippen LogP contribution in [0.1, 0.15) is 52.9 Å². The monoisotopic (exact) mass is 236 g/mol. The van der Waals surface area contributed by atoms with Crippen molar-refractivity contribution in [1.29, 1.82) is 0 Å². The SMILES string of the molecule is CC#CCC(NC)C1(N(CC)CC)CCCC1. The average Bonchev–Trinajstić information content (AvgIpc) is 2.82. The van der Waals surface area contributed by atoms with E-state index in [-0.39, 0.29) is 0 Å². The van der Waals surface area contributed by atoms with Crippen molar-refractivity contribution >= 4 is 0 Å². The summed E-state index contributed by atoms with van der Waals surface area (Å²) in [5, 5.41) is 3.52. The molecule has 1 saturated carbocycles. The van der Waals surface area contributed by atoms with Gasteiger partial charge >= 0.3 is 0 Å². The molecular formula is C15H28N2. The first-order valence-electron chi connectivity index (χ1n) is 7.07. The van der Waals surface area contributed by atoms with E-state index < -0.39 is 0 Å². The highest BCUT2D eigenvalue weighted by Gasteiger charge is 2.43. The first-order valence-corrected chi connectivity index (χ1v) is 7.07. The van der Waals surface area contributed by atoms with Gasteiger partial charge in [-0.3, -0.25) is 4.90 Å². The molecule has 2 heteroatoms. The van der Waals surface area contributed by atoms with Crippen molar-refractivity contribution < 1.29 is 0 Å². The quantitative estimate of drug-likeness (QED) is 0.713. The van der Waals surface area contributed by atoms with E-state index in [0.717, 1.165) is 19.5 Å². The highest BCUT2D eigenvalue weighted by molar-refractivity contribution is 5.09. The molecule has 0 saturated heterocycles. The third-order valence-electron chi connectivity index (χ3n) is 4.34. The topological polar surface area (TPSA) is 15.3 Å². The van der Waals surface area contributed by atoms with Gasteiger partial charge in [0.15, 0.2) is 0 Å². The first-order chi connectivity index (χ1) is 8.25. The molecule has 1 rings (SSSR count). The van der Waals surface area contributed by atoms with Crippen LogP contribution in [-0.2, 0) is 0 Å². The molecule has 0 aliphatic heterocycles. The molecule has 1 unspecified atom stereocenters. The average molecular weight is 236 g/mol. The van der Waals surface area contributed by atoms with E-state index in [9.17, 15) is 0 Å². The summed E-state index contributed by atoms with van der Waals surface area (Å²) in [5.74, 6) is 6.30. The summed E-state index contributed by atoms with van der Waals surface area (Å²) < 4.78 is 0. The summed E-state index contributed by atoms with van der Waals surface area (Å²) in [5.41, 5.74) is 0.349. The zero-order valence-corrected chi connectivity index (χ0v) is 12.0. The number of nitrogens with zero attached hydrogens (tertiary/aromatic N) is 1. The van der Waals surface area contributed by atoms with Gasteiger partial charge in [-0.1, -0.05) is 26.7 Å². The Labute approximate surface area is 107 Å². The van der Waals surface area contributed by atoms with Crippen LogP contribution < -0.4 is 5.32 Å². The molecule has 17 heavy (non-hydrogen) atoms. The van der Waals surface area contributed by atoms with Crippen LogP contribution in [0.15, 0.2) is 0 Å². The van der Waals surface area contributed by atoms with E-state index in [2.05, 4.69) is 43.0 Å². The summed E-state index contributed by atoms with van der Waals surface area (Å²) >= 11 is 0. The van der Waals surface area contributed by atoms with E-state index in [1.807, 2.05) is 6.92 Å². The molecule has 0 aromatic heterocycles. The van der Waals surface area contributed by atoms with Gasteiger partial charge in [-0.15, -0.1) is 11.8 Å². The fourth-order valence-corrected chi connectivity index (χ4v) is 3.49. The van der Waals surface area contributed by atoms with Crippen LogP contribution in [0.4, 0.5) is 0 Å². The van der Waals surface area contributed by atoms with Crippen molar-refractivity contribution in [2.45, 2.75) is 64.5 Å². The fourth-order valence-electron chi connectivity index (χ4n) is 3.49. The van der Waals surface area contributed by atoms with Crippen LogP contribution in [0.2, 0.25) is 0 Å². The Balaban J connectivity index is 2.89. The van der Waals surface area contributed by atoms with Crippen LogP contribution in [0.3, 0.4) is 0 Å². The zero-order valence-electron chi connectivity index (χ0n) is 12.0. The first kappa shape index (κ1) is 14.5. The van der Waals surface area contributed by atoms with Crippen LogP contribution in [-0.4, -0.2) is 36.6 Å². The number of hydrogen-bond donors (Lipinski definition) is 1. The Morgan fingerprint density at radius 2 is 1.82 bits per heavy atom. The van der Waals surface area contributed by atoms with Crippen molar-refractivity contribution in [2.24, 2.45) is 0 Å². The molecule has 0 aromatic carbocycles. The molecule has 1 N–H and O–H groups in total. The lowest BCUT2D eigenvalue weighted by Crippen LogP contribution is -2.59. The number of likely N-dealkylation sites (N-methyl/N-ethyl adjacent to an activating group) is 2. The Kier molecular flexibility index (Phi) is 6.02. The van der Waals surface area contributed by atoms with E-state index in [0.29, 0.717) is 11.6 Å². The van der Waals surface area contributed by atoms with Crippen LogP contribution in [0.5, 0.6) is 0 Å². The lowest BCUT2D eigenvalue weighted by atomic mass is 9.84. The maximum atomic E-state index is 3.52. The Bertz CT molecular complexity index is 264. The maximum absolute atomic E-state index is 3.52. The van der Waals surface area contributed by atoms with Crippen molar-refractivity contribution in [3.63, 3.8) is 0 Å². The smallest absolute Gasteiger partial charge is 0.0371 e. The predicted octanol–water partition coefficient (Wildman–Crippen LogP) is 2.64. The lowest BCUT2D eigenvalue weighted by molar-refractivity contribution is 0.0675. The second-order valence-corrected chi connectivity index (χ2v) is 4.96. The second kappa shape index (κ2) is 7.03. The van der Waals surface area contributed by atoms with Gasteiger partial charge in [-0.05, 0) is 39.9 Å². The molecule has 1 fully saturated rings. The molecule has 0 bridgehead atoms. The maximum Gasteiger partial charge on any atom is 0.0371 e. The molecule has 1 atom stereocenters. The molecular weight excluding hydrogens is 208 g/mol. The molecule has 0 radical (unpaired) electrons. The van der Waals surface area contributed by atoms with E-state index >= 15 is 0 Å². The Morgan fingerprint density at radius 1 is 1.24 bits per heavy atom. The summed E-state index contributed by atoms with van der Waals surface area (Å²) in [7, 11) is 2.09. The van der Waals surface area contributed by atoms with Gasteiger partial charge in [0.05, 0.1) is 0 Å². The lowest BCUT2D eigenvalue weighted by Gasteiger charge is -2.45. The second-order valence-electron chi connectivity index (χ2n) is 4.96.